The molecule has 0 radical (unpaired) electrons. The van der Waals surface area contributed by atoms with Gasteiger partial charge in [-0.3, -0.25) is 0 Å². The Morgan fingerprint density at radius 2 is 2.42 bits per heavy atom. The number of hydrogen-bond donors (Lipinski definition) is 1. The van der Waals surface area contributed by atoms with Crippen LogP contribution in [0.2, 0.25) is 0 Å². The van der Waals surface area contributed by atoms with E-state index in [2.05, 4.69) is 23.2 Å². The van der Waals surface area contributed by atoms with Gasteiger partial charge in [0.15, 0.2) is 0 Å². The summed E-state index contributed by atoms with van der Waals surface area (Å²) >= 11 is 1.78. The Balaban J connectivity index is 3.42. The third-order valence-electron chi connectivity index (χ3n) is 1.35. The van der Waals surface area contributed by atoms with Crippen LogP contribution < -0.4 is 5.32 Å². The van der Waals surface area contributed by atoms with E-state index in [-0.39, 0.29) is 5.97 Å². The van der Waals surface area contributed by atoms with Crippen LogP contribution in [-0.4, -0.2) is 31.1 Å². The molecule has 0 rings (SSSR count). The van der Waals surface area contributed by atoms with E-state index in [0.29, 0.717) is 5.25 Å². The van der Waals surface area contributed by atoms with E-state index < -0.39 is 0 Å². The summed E-state index contributed by atoms with van der Waals surface area (Å²) in [6.45, 7) is 2.97. The fourth-order valence-electron chi connectivity index (χ4n) is 0.512. The van der Waals surface area contributed by atoms with Crippen molar-refractivity contribution in [2.45, 2.75) is 12.2 Å². The molecule has 1 unspecified atom stereocenters. The molecule has 4 heteroatoms. The minimum absolute atomic E-state index is 0.334. The third kappa shape index (κ3) is 6.09. The molecule has 0 aliphatic carbocycles. The van der Waals surface area contributed by atoms with Crippen LogP contribution >= 0.6 is 11.8 Å². The number of methoxy groups -OCH3 is 1. The van der Waals surface area contributed by atoms with Crippen LogP contribution in [0.5, 0.6) is 0 Å². The lowest BCUT2D eigenvalue weighted by Crippen LogP contribution is -2.17. The van der Waals surface area contributed by atoms with Gasteiger partial charge in [0.25, 0.3) is 0 Å². The second-order valence-electron chi connectivity index (χ2n) is 2.31. The van der Waals surface area contributed by atoms with E-state index >= 15 is 0 Å². The number of carbonyl (C=O) groups is 1. The molecule has 1 atom stereocenters. The molecule has 0 fully saturated rings. The van der Waals surface area contributed by atoms with Crippen molar-refractivity contribution >= 4 is 17.7 Å². The van der Waals surface area contributed by atoms with E-state index in [1.807, 2.05) is 0 Å². The number of thioether (sulfide) groups is 1. The molecule has 70 valence electrons. The first kappa shape index (κ1) is 11.4. The van der Waals surface area contributed by atoms with Gasteiger partial charge in [0.1, 0.15) is 0 Å². The van der Waals surface area contributed by atoms with Crippen molar-refractivity contribution in [3.8, 4) is 0 Å². The number of ether oxygens (including phenoxy) is 1. The molecule has 0 heterocycles. The lowest BCUT2D eigenvalue weighted by molar-refractivity contribution is -0.134. The summed E-state index contributed by atoms with van der Waals surface area (Å²) in [5.74, 6) is -0.334. The first-order chi connectivity index (χ1) is 5.70. The summed E-state index contributed by atoms with van der Waals surface area (Å²) in [5.41, 5.74) is 0. The molecule has 0 aromatic carbocycles. The lowest BCUT2D eigenvalue weighted by Gasteiger charge is -2.06. The van der Waals surface area contributed by atoms with E-state index in [0.717, 1.165) is 6.54 Å². The van der Waals surface area contributed by atoms with Crippen molar-refractivity contribution in [2.24, 2.45) is 0 Å². The van der Waals surface area contributed by atoms with Crippen LogP contribution in [-0.2, 0) is 9.53 Å². The zero-order chi connectivity index (χ0) is 9.40. The highest BCUT2D eigenvalue weighted by Gasteiger charge is 1.95. The Hall–Kier alpha value is -0.640. The minimum atomic E-state index is -0.334. The van der Waals surface area contributed by atoms with Gasteiger partial charge in [-0.1, -0.05) is 6.92 Å². The average molecular weight is 189 g/mol. The van der Waals surface area contributed by atoms with Gasteiger partial charge in [-0.05, 0) is 6.26 Å². The van der Waals surface area contributed by atoms with Gasteiger partial charge in [-0.2, -0.15) is 11.8 Å². The van der Waals surface area contributed by atoms with Crippen molar-refractivity contribution in [1.82, 2.24) is 5.32 Å². The van der Waals surface area contributed by atoms with Gasteiger partial charge < -0.3 is 10.1 Å². The van der Waals surface area contributed by atoms with Gasteiger partial charge in [0.05, 0.1) is 7.11 Å². The molecule has 12 heavy (non-hydrogen) atoms. The summed E-state index contributed by atoms with van der Waals surface area (Å²) in [4.78, 5) is 10.6. The maximum Gasteiger partial charge on any atom is 0.331 e. The molecule has 1 N–H and O–H groups in total. The summed E-state index contributed by atoms with van der Waals surface area (Å²) in [6.07, 6.45) is 5.03. The van der Waals surface area contributed by atoms with Gasteiger partial charge >= 0.3 is 5.97 Å². The van der Waals surface area contributed by atoms with Crippen LogP contribution in [0.3, 0.4) is 0 Å². The first-order valence-electron chi connectivity index (χ1n) is 3.71. The molecular weight excluding hydrogens is 174 g/mol. The standard InChI is InChI=1S/C8H15NO2S/c1-7(12-3)6-9-5-4-8(10)11-2/h4-5,7,9H,6H2,1-3H3/b5-4+. The summed E-state index contributed by atoms with van der Waals surface area (Å²) in [5, 5.41) is 3.55. The molecule has 3 nitrogen and oxygen atoms in total. The molecule has 0 amide bonds. The van der Waals surface area contributed by atoms with Crippen LogP contribution in [0, 0.1) is 0 Å². The Morgan fingerprint density at radius 3 is 2.92 bits per heavy atom. The van der Waals surface area contributed by atoms with Gasteiger partial charge in [-0.15, -0.1) is 0 Å². The van der Waals surface area contributed by atoms with Crippen molar-refractivity contribution in [3.63, 3.8) is 0 Å². The highest BCUT2D eigenvalue weighted by atomic mass is 32.2. The molecule has 0 bridgehead atoms. The SMILES string of the molecule is COC(=O)/C=C/NCC(C)SC. The zero-order valence-corrected chi connectivity index (χ0v) is 8.48. The predicted octanol–water partition coefficient (Wildman–Crippen LogP) is 1.01. The van der Waals surface area contributed by atoms with E-state index in [9.17, 15) is 4.79 Å². The molecule has 0 aliphatic heterocycles. The lowest BCUT2D eigenvalue weighted by atomic mass is 10.5. The Morgan fingerprint density at radius 1 is 1.75 bits per heavy atom. The summed E-state index contributed by atoms with van der Waals surface area (Å²) < 4.78 is 4.41. The summed E-state index contributed by atoms with van der Waals surface area (Å²) in [7, 11) is 1.36. The van der Waals surface area contributed by atoms with Crippen molar-refractivity contribution in [2.75, 3.05) is 19.9 Å². The maximum atomic E-state index is 10.6. The monoisotopic (exact) mass is 189 g/mol. The van der Waals surface area contributed by atoms with Crippen molar-refractivity contribution in [3.05, 3.63) is 12.3 Å². The molecule has 0 spiro atoms. The summed E-state index contributed by atoms with van der Waals surface area (Å²) in [6, 6.07) is 0. The molecule has 0 aromatic rings. The van der Waals surface area contributed by atoms with Crippen LogP contribution in [0.25, 0.3) is 0 Å². The van der Waals surface area contributed by atoms with Crippen molar-refractivity contribution in [1.29, 1.82) is 0 Å². The molecule has 0 saturated heterocycles. The van der Waals surface area contributed by atoms with Gasteiger partial charge in [0, 0.05) is 24.1 Å². The quantitative estimate of drug-likeness (QED) is 0.517. The number of nitrogens with one attached hydrogen (secondary N) is 1. The highest BCUT2D eigenvalue weighted by molar-refractivity contribution is 7.99. The fraction of sp³-hybridized carbons (Fsp3) is 0.625. The second kappa shape index (κ2) is 7.03. The highest BCUT2D eigenvalue weighted by Crippen LogP contribution is 2.01. The third-order valence-corrected chi connectivity index (χ3v) is 2.32. The smallest absolute Gasteiger partial charge is 0.331 e. The van der Waals surface area contributed by atoms with Crippen molar-refractivity contribution < 1.29 is 9.53 Å². The largest absolute Gasteiger partial charge is 0.466 e. The molecule has 0 aromatic heterocycles. The van der Waals surface area contributed by atoms with E-state index in [1.165, 1.54) is 13.2 Å². The topological polar surface area (TPSA) is 38.3 Å². The second-order valence-corrected chi connectivity index (χ2v) is 3.59. The Labute approximate surface area is 77.6 Å². The van der Waals surface area contributed by atoms with Crippen LogP contribution in [0.4, 0.5) is 0 Å². The van der Waals surface area contributed by atoms with Gasteiger partial charge in [0.2, 0.25) is 0 Å². The minimum Gasteiger partial charge on any atom is -0.466 e. The maximum absolute atomic E-state index is 10.6. The number of carbonyl (C=O) groups excluding carboxylic acids is 1. The first-order valence-corrected chi connectivity index (χ1v) is 5.00. The zero-order valence-electron chi connectivity index (χ0n) is 7.66. The predicted molar refractivity (Wildman–Crippen MR) is 52.1 cm³/mol. The fourth-order valence-corrected chi connectivity index (χ4v) is 0.775. The molecule has 0 aliphatic rings. The van der Waals surface area contributed by atoms with E-state index in [4.69, 9.17) is 0 Å². The number of esters is 1. The van der Waals surface area contributed by atoms with E-state index in [1.54, 1.807) is 18.0 Å². The normalized spacial score (nSPS) is 12.9. The van der Waals surface area contributed by atoms with Gasteiger partial charge in [-0.25, -0.2) is 4.79 Å². The van der Waals surface area contributed by atoms with Crippen LogP contribution in [0.15, 0.2) is 12.3 Å². The average Bonchev–Trinajstić information content (AvgIpc) is 2.11. The Kier molecular flexibility index (Phi) is 6.66. The Bertz CT molecular complexity index is 159. The molecular formula is C8H15NO2S. The number of hydrogen-bond acceptors (Lipinski definition) is 4. The van der Waals surface area contributed by atoms with Crippen LogP contribution in [0.1, 0.15) is 6.92 Å². The molecule has 0 saturated carbocycles. The number of rotatable bonds is 5.